The molecule has 1 amide bonds. The first-order valence-electron chi connectivity index (χ1n) is 12.1. The van der Waals surface area contributed by atoms with Gasteiger partial charge in [-0.25, -0.2) is 4.98 Å². The number of benzene rings is 2. The number of para-hydroxylation sites is 2. The van der Waals surface area contributed by atoms with Crippen molar-refractivity contribution in [1.29, 1.82) is 0 Å². The number of nitrogens with one attached hydrogen (secondary N) is 1. The zero-order chi connectivity index (χ0) is 22.6. The van der Waals surface area contributed by atoms with Gasteiger partial charge in [-0.1, -0.05) is 87.4 Å². The van der Waals surface area contributed by atoms with Crippen molar-refractivity contribution < 1.29 is 4.79 Å². The molecule has 3 aromatic rings. The van der Waals surface area contributed by atoms with Crippen LogP contribution < -0.4 is 5.32 Å². The van der Waals surface area contributed by atoms with Gasteiger partial charge < -0.3 is 9.88 Å². The molecule has 0 fully saturated rings. The lowest BCUT2D eigenvalue weighted by Crippen LogP contribution is -2.26. The zero-order valence-electron chi connectivity index (χ0n) is 19.3. The molecule has 0 atom stereocenters. The lowest BCUT2D eigenvalue weighted by molar-refractivity contribution is -0.120. The van der Waals surface area contributed by atoms with Crippen LogP contribution in [0.15, 0.2) is 48.5 Å². The molecular formula is C27H36ClN3O. The highest BCUT2D eigenvalue weighted by atomic mass is 35.5. The molecule has 4 nitrogen and oxygen atoms in total. The summed E-state index contributed by atoms with van der Waals surface area (Å²) in [6.07, 6.45) is 11.2. The predicted molar refractivity (Wildman–Crippen MR) is 134 cm³/mol. The van der Waals surface area contributed by atoms with Gasteiger partial charge in [0, 0.05) is 24.5 Å². The molecule has 0 saturated heterocycles. The van der Waals surface area contributed by atoms with E-state index < -0.39 is 0 Å². The van der Waals surface area contributed by atoms with E-state index in [0.29, 0.717) is 18.0 Å². The van der Waals surface area contributed by atoms with Crippen molar-refractivity contribution in [2.75, 3.05) is 6.54 Å². The topological polar surface area (TPSA) is 46.9 Å². The van der Waals surface area contributed by atoms with Crippen molar-refractivity contribution >= 4 is 28.5 Å². The Balaban J connectivity index is 1.47. The lowest BCUT2D eigenvalue weighted by atomic mass is 10.1. The summed E-state index contributed by atoms with van der Waals surface area (Å²) in [5, 5.41) is 3.66. The Kier molecular flexibility index (Phi) is 10.1. The van der Waals surface area contributed by atoms with Crippen LogP contribution in [0, 0.1) is 0 Å². The fourth-order valence-electron chi connectivity index (χ4n) is 4.14. The fourth-order valence-corrected chi connectivity index (χ4v) is 4.35. The number of carbonyl (C=O) groups is 1. The molecule has 0 aliphatic rings. The number of hydrogen-bond donors (Lipinski definition) is 1. The largest absolute Gasteiger partial charge is 0.356 e. The molecule has 172 valence electrons. The number of amides is 1. The van der Waals surface area contributed by atoms with E-state index in [9.17, 15) is 4.79 Å². The van der Waals surface area contributed by atoms with Crippen LogP contribution in [0.2, 0.25) is 5.02 Å². The highest BCUT2D eigenvalue weighted by Crippen LogP contribution is 2.19. The van der Waals surface area contributed by atoms with Gasteiger partial charge in [0.25, 0.3) is 0 Å². The highest BCUT2D eigenvalue weighted by molar-refractivity contribution is 6.31. The Morgan fingerprint density at radius 3 is 2.47 bits per heavy atom. The van der Waals surface area contributed by atoms with Crippen molar-refractivity contribution in [3.05, 3.63) is 64.9 Å². The summed E-state index contributed by atoms with van der Waals surface area (Å²) in [6.45, 7) is 3.92. The minimum Gasteiger partial charge on any atom is -0.356 e. The number of hydrogen-bond acceptors (Lipinski definition) is 2. The van der Waals surface area contributed by atoms with Crippen molar-refractivity contribution in [2.24, 2.45) is 0 Å². The molecule has 0 aliphatic carbocycles. The molecule has 0 aliphatic heterocycles. The Hall–Kier alpha value is -2.33. The molecule has 0 spiro atoms. The standard InChI is InChI=1S/C27H36ClN3O/c1-2-3-4-5-6-7-12-20-31-25-17-11-10-16-24(25)30-26(31)18-13-19-29-27(32)21-22-14-8-9-15-23(22)28/h8-11,14-17H,2-7,12-13,18-21H2,1H3,(H,29,32). The molecule has 2 aromatic carbocycles. The van der Waals surface area contributed by atoms with Gasteiger partial charge >= 0.3 is 0 Å². The first kappa shape index (κ1) is 24.3. The van der Waals surface area contributed by atoms with Gasteiger partial charge in [-0.2, -0.15) is 0 Å². The maximum absolute atomic E-state index is 12.3. The molecule has 0 unspecified atom stereocenters. The molecule has 1 heterocycles. The van der Waals surface area contributed by atoms with Gasteiger partial charge in [0.1, 0.15) is 5.82 Å². The molecule has 1 N–H and O–H groups in total. The normalized spacial score (nSPS) is 11.2. The molecule has 32 heavy (non-hydrogen) atoms. The van der Waals surface area contributed by atoms with Gasteiger partial charge in [0.2, 0.25) is 5.91 Å². The van der Waals surface area contributed by atoms with Crippen LogP contribution >= 0.6 is 11.6 Å². The second kappa shape index (κ2) is 13.3. The monoisotopic (exact) mass is 453 g/mol. The van der Waals surface area contributed by atoms with E-state index in [4.69, 9.17) is 16.6 Å². The third-order valence-electron chi connectivity index (χ3n) is 5.93. The van der Waals surface area contributed by atoms with E-state index in [2.05, 4.69) is 35.0 Å². The minimum absolute atomic E-state index is 0.00896. The number of aromatic nitrogens is 2. The number of imidazole rings is 1. The van der Waals surface area contributed by atoms with E-state index in [1.807, 2.05) is 30.3 Å². The maximum Gasteiger partial charge on any atom is 0.224 e. The molecule has 1 aromatic heterocycles. The minimum atomic E-state index is 0.00896. The molecule has 0 saturated carbocycles. The van der Waals surface area contributed by atoms with Crippen molar-refractivity contribution in [3.8, 4) is 0 Å². The molecule has 0 bridgehead atoms. The Bertz CT molecular complexity index is 982. The average molecular weight is 454 g/mol. The molecule has 0 radical (unpaired) electrons. The number of rotatable bonds is 14. The average Bonchev–Trinajstić information content (AvgIpc) is 3.15. The van der Waals surface area contributed by atoms with Crippen LogP contribution in [0.5, 0.6) is 0 Å². The van der Waals surface area contributed by atoms with Crippen LogP contribution in [-0.2, 0) is 24.2 Å². The smallest absolute Gasteiger partial charge is 0.224 e. The summed E-state index contributed by atoms with van der Waals surface area (Å²) in [4.78, 5) is 17.1. The Morgan fingerprint density at radius 2 is 1.66 bits per heavy atom. The first-order chi connectivity index (χ1) is 15.7. The summed E-state index contributed by atoms with van der Waals surface area (Å²) in [5.41, 5.74) is 3.15. The summed E-state index contributed by atoms with van der Waals surface area (Å²) in [6, 6.07) is 15.9. The van der Waals surface area contributed by atoms with Gasteiger partial charge in [-0.05, 0) is 36.6 Å². The summed E-state index contributed by atoms with van der Waals surface area (Å²) in [7, 11) is 0. The van der Waals surface area contributed by atoms with Gasteiger partial charge in [0.15, 0.2) is 0 Å². The molecular weight excluding hydrogens is 418 g/mol. The number of aryl methyl sites for hydroxylation is 2. The fraction of sp³-hybridized carbons (Fsp3) is 0.481. The predicted octanol–water partition coefficient (Wildman–Crippen LogP) is 6.73. The third-order valence-corrected chi connectivity index (χ3v) is 6.30. The Morgan fingerprint density at radius 1 is 0.938 bits per heavy atom. The van der Waals surface area contributed by atoms with Crippen molar-refractivity contribution in [1.82, 2.24) is 14.9 Å². The quantitative estimate of drug-likeness (QED) is 0.275. The van der Waals surface area contributed by atoms with Crippen LogP contribution in [0.4, 0.5) is 0 Å². The second-order valence-electron chi connectivity index (χ2n) is 8.51. The third kappa shape index (κ3) is 7.37. The molecule has 3 rings (SSSR count). The van der Waals surface area contributed by atoms with Crippen LogP contribution in [0.3, 0.4) is 0 Å². The van der Waals surface area contributed by atoms with E-state index in [0.717, 1.165) is 36.3 Å². The number of fused-ring (bicyclic) bond motifs is 1. The number of halogens is 1. The van der Waals surface area contributed by atoms with Crippen LogP contribution in [0.1, 0.15) is 69.7 Å². The SMILES string of the molecule is CCCCCCCCCn1c(CCCNC(=O)Cc2ccccc2Cl)nc2ccccc21. The summed E-state index contributed by atoms with van der Waals surface area (Å²) >= 11 is 6.16. The number of nitrogens with zero attached hydrogens (tertiary/aromatic N) is 2. The van der Waals surface area contributed by atoms with Gasteiger partial charge in [-0.3, -0.25) is 4.79 Å². The second-order valence-corrected chi connectivity index (χ2v) is 8.92. The summed E-state index contributed by atoms with van der Waals surface area (Å²) < 4.78 is 2.38. The van der Waals surface area contributed by atoms with E-state index >= 15 is 0 Å². The van der Waals surface area contributed by atoms with E-state index in [-0.39, 0.29) is 5.91 Å². The number of unbranched alkanes of at least 4 members (excludes halogenated alkanes) is 6. The maximum atomic E-state index is 12.3. The van der Waals surface area contributed by atoms with Gasteiger partial charge in [-0.15, -0.1) is 0 Å². The first-order valence-corrected chi connectivity index (χ1v) is 12.5. The summed E-state index contributed by atoms with van der Waals surface area (Å²) in [5.74, 6) is 1.13. The van der Waals surface area contributed by atoms with E-state index in [1.165, 1.54) is 50.5 Å². The number of carbonyl (C=O) groups excluding carboxylic acids is 1. The van der Waals surface area contributed by atoms with Gasteiger partial charge in [0.05, 0.1) is 17.5 Å². The van der Waals surface area contributed by atoms with E-state index in [1.54, 1.807) is 0 Å². The van der Waals surface area contributed by atoms with Crippen LogP contribution in [0.25, 0.3) is 11.0 Å². The molecule has 5 heteroatoms. The van der Waals surface area contributed by atoms with Crippen LogP contribution in [-0.4, -0.2) is 22.0 Å². The highest BCUT2D eigenvalue weighted by Gasteiger charge is 2.11. The Labute approximate surface area is 197 Å². The lowest BCUT2D eigenvalue weighted by Gasteiger charge is -2.10. The van der Waals surface area contributed by atoms with Crippen molar-refractivity contribution in [3.63, 3.8) is 0 Å². The van der Waals surface area contributed by atoms with Crippen molar-refractivity contribution in [2.45, 2.75) is 77.7 Å². The zero-order valence-corrected chi connectivity index (χ0v) is 20.0.